The SMILES string of the molecule is CC(=O)OC1C(C)CCC(O)C/C=C/C=C(/C)C(=O)Nc2cc3c4c5c(c(C)c(O)c4c2O)OC(C)(O/C=C/C[C@H]1O3)C5=O.CO. The highest BCUT2D eigenvalue weighted by Crippen LogP contribution is 2.54. The van der Waals surface area contributed by atoms with Gasteiger partial charge in [0.2, 0.25) is 0 Å². The summed E-state index contributed by atoms with van der Waals surface area (Å²) in [5.74, 6) is -4.44. The van der Waals surface area contributed by atoms with E-state index in [1.807, 2.05) is 6.92 Å². The third kappa shape index (κ3) is 6.54. The number of fused-ring (bicyclic) bond motifs is 3. The van der Waals surface area contributed by atoms with Crippen molar-refractivity contribution in [1.29, 1.82) is 0 Å². The number of benzene rings is 2. The van der Waals surface area contributed by atoms with E-state index in [9.17, 15) is 29.7 Å². The third-order valence-electron chi connectivity index (χ3n) is 8.33. The Morgan fingerprint density at radius 1 is 1.07 bits per heavy atom. The molecule has 0 saturated heterocycles. The summed E-state index contributed by atoms with van der Waals surface area (Å²) < 4.78 is 24.2. The lowest BCUT2D eigenvalue weighted by Crippen LogP contribution is -2.40. The van der Waals surface area contributed by atoms with Crippen molar-refractivity contribution in [2.75, 3.05) is 12.4 Å². The highest BCUT2D eigenvalue weighted by molar-refractivity contribution is 6.21. The van der Waals surface area contributed by atoms with Gasteiger partial charge in [-0.05, 0) is 45.1 Å². The van der Waals surface area contributed by atoms with Gasteiger partial charge in [-0.2, -0.15) is 0 Å². The summed E-state index contributed by atoms with van der Waals surface area (Å²) in [5.41, 5.74) is 0.447. The van der Waals surface area contributed by atoms with Crippen molar-refractivity contribution >= 4 is 34.1 Å². The molecular formula is C34H41NO11. The van der Waals surface area contributed by atoms with Crippen molar-refractivity contribution in [1.82, 2.24) is 0 Å². The van der Waals surface area contributed by atoms with E-state index in [-0.39, 0.29) is 57.2 Å². The molecule has 12 heteroatoms. The summed E-state index contributed by atoms with van der Waals surface area (Å²) in [4.78, 5) is 39.3. The smallest absolute Gasteiger partial charge is 0.312 e. The second-order valence-corrected chi connectivity index (χ2v) is 11.7. The quantitative estimate of drug-likeness (QED) is 0.216. The van der Waals surface area contributed by atoms with Crippen LogP contribution in [0.2, 0.25) is 0 Å². The van der Waals surface area contributed by atoms with Crippen LogP contribution >= 0.6 is 0 Å². The van der Waals surface area contributed by atoms with E-state index < -0.39 is 47.5 Å². The second kappa shape index (κ2) is 13.8. The molecule has 5 N–H and O–H groups in total. The van der Waals surface area contributed by atoms with Crippen LogP contribution in [0.25, 0.3) is 10.8 Å². The molecule has 46 heavy (non-hydrogen) atoms. The summed E-state index contributed by atoms with van der Waals surface area (Å²) in [6, 6.07) is 1.38. The number of esters is 1. The number of allylic oxidation sites excluding steroid dienone is 2. The molecule has 3 heterocycles. The molecule has 0 fully saturated rings. The summed E-state index contributed by atoms with van der Waals surface area (Å²) in [6.45, 7) is 7.77. The lowest BCUT2D eigenvalue weighted by atomic mass is 9.91. The van der Waals surface area contributed by atoms with Crippen LogP contribution < -0.4 is 14.8 Å². The molecule has 248 valence electrons. The second-order valence-electron chi connectivity index (χ2n) is 11.7. The lowest BCUT2D eigenvalue weighted by molar-refractivity contribution is -0.155. The standard InChI is InChI=1S/C33H37NO10.CH4O/c1-16-12-13-20(36)10-7-6-9-17(2)32(40)34-21-15-23-24-25(28(21)38)27(37)18(3)30-26(24)31(39)33(5,44-30)41-14-8-11-22(43-23)29(16)42-19(4)35;1-2/h6-9,14-16,20,22,29,36-38H,10-13H2,1-5H3,(H,34,40);2H,1H3/b7-6+,14-8+,17-9-;/t16?,20?,22-,29?,33?;/m1./s1. The van der Waals surface area contributed by atoms with Gasteiger partial charge in [0.15, 0.2) is 5.75 Å². The number of phenolic OH excluding ortho intramolecular Hbond substituents is 2. The van der Waals surface area contributed by atoms with Gasteiger partial charge in [-0.25, -0.2) is 0 Å². The average molecular weight is 640 g/mol. The molecule has 2 aromatic rings. The summed E-state index contributed by atoms with van der Waals surface area (Å²) in [7, 11) is 1.00. The van der Waals surface area contributed by atoms with Crippen LogP contribution in [0.15, 0.2) is 42.2 Å². The molecule has 0 aromatic heterocycles. The Morgan fingerprint density at radius 2 is 1.78 bits per heavy atom. The highest BCUT2D eigenvalue weighted by Gasteiger charge is 2.50. The Labute approximate surface area is 266 Å². The number of ketones is 1. The molecule has 5 atom stereocenters. The number of aliphatic hydroxyl groups excluding tert-OH is 2. The predicted molar refractivity (Wildman–Crippen MR) is 169 cm³/mol. The molecule has 0 spiro atoms. The third-order valence-corrected chi connectivity index (χ3v) is 8.33. The van der Waals surface area contributed by atoms with Gasteiger partial charge in [0.1, 0.15) is 29.5 Å². The molecule has 12 nitrogen and oxygen atoms in total. The molecule has 1 amide bonds. The lowest BCUT2D eigenvalue weighted by Gasteiger charge is -2.32. The van der Waals surface area contributed by atoms with Crippen LogP contribution in [0.5, 0.6) is 23.0 Å². The Balaban J connectivity index is 0.00000235. The Kier molecular flexibility index (Phi) is 10.3. The number of aromatic hydroxyl groups is 2. The summed E-state index contributed by atoms with van der Waals surface area (Å²) >= 11 is 0. The largest absolute Gasteiger partial charge is 0.507 e. The minimum Gasteiger partial charge on any atom is -0.507 e. The Bertz CT molecular complexity index is 1630. The first kappa shape index (κ1) is 34.3. The van der Waals surface area contributed by atoms with E-state index in [0.717, 1.165) is 7.11 Å². The van der Waals surface area contributed by atoms with Crippen LogP contribution in [-0.2, 0) is 19.1 Å². The fourth-order valence-electron chi connectivity index (χ4n) is 5.81. The number of nitrogens with one attached hydrogen (secondary N) is 1. The monoisotopic (exact) mass is 639 g/mol. The average Bonchev–Trinajstić information content (AvgIpc) is 3.27. The Morgan fingerprint density at radius 3 is 2.48 bits per heavy atom. The maximum Gasteiger partial charge on any atom is 0.312 e. The van der Waals surface area contributed by atoms with E-state index in [4.69, 9.17) is 24.1 Å². The zero-order valence-corrected chi connectivity index (χ0v) is 26.7. The minimum absolute atomic E-state index is 0.0299. The summed E-state index contributed by atoms with van der Waals surface area (Å²) in [6.07, 6.45) is 7.03. The van der Waals surface area contributed by atoms with Gasteiger partial charge in [0, 0.05) is 50.0 Å². The highest BCUT2D eigenvalue weighted by atomic mass is 16.7. The van der Waals surface area contributed by atoms with Gasteiger partial charge >= 0.3 is 11.8 Å². The first-order valence-electron chi connectivity index (χ1n) is 15.1. The van der Waals surface area contributed by atoms with Crippen LogP contribution in [0.1, 0.15) is 69.3 Å². The van der Waals surface area contributed by atoms with Crippen molar-refractivity contribution in [2.24, 2.45) is 5.92 Å². The van der Waals surface area contributed by atoms with E-state index in [1.165, 1.54) is 33.1 Å². The number of hydrogen-bond acceptors (Lipinski definition) is 11. The maximum absolute atomic E-state index is 13.9. The van der Waals surface area contributed by atoms with Gasteiger partial charge in [0.25, 0.3) is 11.7 Å². The van der Waals surface area contributed by atoms with Crippen LogP contribution in [-0.4, -0.2) is 69.3 Å². The van der Waals surface area contributed by atoms with Gasteiger partial charge < -0.3 is 44.7 Å². The molecule has 3 aliphatic heterocycles. The molecule has 4 unspecified atom stereocenters. The molecule has 3 aliphatic rings. The molecule has 0 radical (unpaired) electrons. The topological polar surface area (TPSA) is 181 Å². The van der Waals surface area contributed by atoms with Crippen LogP contribution in [0.3, 0.4) is 0 Å². The number of rotatable bonds is 1. The van der Waals surface area contributed by atoms with E-state index >= 15 is 0 Å². The molecule has 0 saturated carbocycles. The van der Waals surface area contributed by atoms with Gasteiger partial charge in [-0.15, -0.1) is 0 Å². The Hall–Kier alpha value is -4.55. The molecule has 0 aliphatic carbocycles. The van der Waals surface area contributed by atoms with Crippen molar-refractivity contribution in [3.63, 3.8) is 0 Å². The van der Waals surface area contributed by atoms with Gasteiger partial charge in [-0.3, -0.25) is 14.4 Å². The normalized spacial score (nSPS) is 28.7. The molecule has 5 rings (SSSR count). The first-order chi connectivity index (χ1) is 21.8. The van der Waals surface area contributed by atoms with Crippen LogP contribution in [0.4, 0.5) is 5.69 Å². The van der Waals surface area contributed by atoms with Gasteiger partial charge in [-0.1, -0.05) is 25.2 Å². The minimum atomic E-state index is -1.77. The van der Waals surface area contributed by atoms with Crippen LogP contribution in [0, 0.1) is 12.8 Å². The number of hydrogen-bond donors (Lipinski definition) is 5. The number of Topliss-reactive ketones (excluding diaryl/α,β-unsaturated/α-hetero) is 1. The van der Waals surface area contributed by atoms with E-state index in [2.05, 4.69) is 5.32 Å². The maximum atomic E-state index is 13.9. The molecule has 2 aromatic carbocycles. The van der Waals surface area contributed by atoms with Crippen molar-refractivity contribution < 1.29 is 53.8 Å². The predicted octanol–water partition coefficient (Wildman–Crippen LogP) is 4.69. The number of ether oxygens (including phenoxy) is 4. The number of aliphatic hydroxyl groups is 2. The molecular weight excluding hydrogens is 598 g/mol. The molecule has 5 bridgehead atoms. The fourth-order valence-corrected chi connectivity index (χ4v) is 5.81. The van der Waals surface area contributed by atoms with Crippen molar-refractivity contribution in [2.45, 2.75) is 84.4 Å². The van der Waals surface area contributed by atoms with Gasteiger partial charge in [0.05, 0.1) is 29.0 Å². The van der Waals surface area contributed by atoms with Crippen molar-refractivity contribution in [3.8, 4) is 23.0 Å². The van der Waals surface area contributed by atoms with E-state index in [1.54, 1.807) is 31.2 Å². The van der Waals surface area contributed by atoms with Crippen molar-refractivity contribution in [3.05, 3.63) is 53.3 Å². The number of phenols is 2. The zero-order valence-electron chi connectivity index (χ0n) is 26.7. The number of carbonyl (C=O) groups is 3. The fraction of sp³-hybridized carbons (Fsp3) is 0.441. The number of anilines is 1. The summed E-state index contributed by atoms with van der Waals surface area (Å²) in [5, 5.41) is 43.1. The number of amides is 1. The zero-order chi connectivity index (χ0) is 33.9. The first-order valence-corrected chi connectivity index (χ1v) is 15.1. The van der Waals surface area contributed by atoms with E-state index in [0.29, 0.717) is 24.8 Å². The number of carbonyl (C=O) groups excluding carboxylic acids is 3.